The number of halogens is 2. The molecule has 4 nitrogen and oxygen atoms in total. The van der Waals surface area contributed by atoms with Crippen molar-refractivity contribution in [3.63, 3.8) is 0 Å². The zero-order valence-corrected chi connectivity index (χ0v) is 14.7. The molecule has 0 aliphatic carbocycles. The summed E-state index contributed by atoms with van der Waals surface area (Å²) in [6.07, 6.45) is 1.72. The van der Waals surface area contributed by atoms with Crippen LogP contribution in [0.4, 0.5) is 8.78 Å². The molecular weight excluding hydrogens is 362 g/mol. The molecule has 0 bridgehead atoms. The molecule has 0 aliphatic rings. The van der Waals surface area contributed by atoms with Gasteiger partial charge in [-0.1, -0.05) is 0 Å². The highest BCUT2D eigenvalue weighted by atomic mass is 19.1. The zero-order valence-electron chi connectivity index (χ0n) is 14.7. The van der Waals surface area contributed by atoms with Crippen LogP contribution in [0.3, 0.4) is 0 Å². The molecule has 0 radical (unpaired) electrons. The molecule has 1 heterocycles. The molecule has 4 rings (SSSR count). The lowest BCUT2D eigenvalue weighted by atomic mass is 10.1. The third kappa shape index (κ3) is 4.35. The largest absolute Gasteiger partial charge is 0.486 e. The number of H-pyrrole nitrogens is 1. The highest BCUT2D eigenvalue weighted by molar-refractivity contribution is 5.59. The second-order valence-electron chi connectivity index (χ2n) is 6.07. The molecule has 4 aromatic rings. The fourth-order valence-corrected chi connectivity index (χ4v) is 2.61. The predicted molar refractivity (Wildman–Crippen MR) is 101 cm³/mol. The molecule has 0 atom stereocenters. The van der Waals surface area contributed by atoms with E-state index in [4.69, 9.17) is 9.47 Å². The molecule has 0 spiro atoms. The summed E-state index contributed by atoms with van der Waals surface area (Å²) >= 11 is 0. The molecule has 3 aromatic carbocycles. The molecule has 1 aromatic heterocycles. The van der Waals surface area contributed by atoms with Gasteiger partial charge in [0, 0.05) is 0 Å². The van der Waals surface area contributed by atoms with E-state index in [2.05, 4.69) is 9.97 Å². The van der Waals surface area contributed by atoms with Crippen LogP contribution < -0.4 is 9.47 Å². The van der Waals surface area contributed by atoms with Gasteiger partial charge >= 0.3 is 0 Å². The Morgan fingerprint density at radius 2 is 1.25 bits per heavy atom. The minimum atomic E-state index is -0.306. The first-order valence-corrected chi connectivity index (χ1v) is 8.62. The summed E-state index contributed by atoms with van der Waals surface area (Å²) in [7, 11) is 0. The van der Waals surface area contributed by atoms with Gasteiger partial charge in [0.25, 0.3) is 0 Å². The summed E-state index contributed by atoms with van der Waals surface area (Å²) in [5, 5.41) is 0. The van der Waals surface area contributed by atoms with Gasteiger partial charge < -0.3 is 14.5 Å². The van der Waals surface area contributed by atoms with Crippen LogP contribution in [-0.2, 0) is 6.61 Å². The Morgan fingerprint density at radius 1 is 0.714 bits per heavy atom. The molecule has 0 saturated carbocycles. The highest BCUT2D eigenvalue weighted by Crippen LogP contribution is 2.25. The van der Waals surface area contributed by atoms with Crippen molar-refractivity contribution in [2.75, 3.05) is 0 Å². The smallest absolute Gasteiger partial charge is 0.146 e. The van der Waals surface area contributed by atoms with E-state index in [1.165, 1.54) is 24.3 Å². The van der Waals surface area contributed by atoms with Crippen LogP contribution in [0.1, 0.15) is 5.82 Å². The van der Waals surface area contributed by atoms with Crippen molar-refractivity contribution in [3.8, 4) is 28.5 Å². The third-order valence-corrected chi connectivity index (χ3v) is 4.03. The van der Waals surface area contributed by atoms with Gasteiger partial charge in [0.15, 0.2) is 0 Å². The summed E-state index contributed by atoms with van der Waals surface area (Å²) < 4.78 is 37.1. The first-order valence-electron chi connectivity index (χ1n) is 8.62. The fraction of sp³-hybridized carbons (Fsp3) is 0.0455. The number of benzene rings is 3. The monoisotopic (exact) mass is 378 g/mol. The summed E-state index contributed by atoms with van der Waals surface area (Å²) in [5.74, 6) is 1.83. The SMILES string of the molecule is Fc1ccc(OCc2ncc(-c3ccc(Oc4ccc(F)cc4)cc3)[nH]2)cc1. The standard InChI is InChI=1S/C22H16F2N2O2/c23-16-3-9-18(10-4-16)27-14-22-25-13-21(26-22)15-1-7-19(8-2-15)28-20-11-5-17(24)6-12-20/h1-13H,14H2,(H,25,26). The number of rotatable bonds is 6. The van der Waals surface area contributed by atoms with E-state index in [0.29, 0.717) is 23.1 Å². The van der Waals surface area contributed by atoms with Crippen LogP contribution in [0.5, 0.6) is 17.2 Å². The number of nitrogens with one attached hydrogen (secondary N) is 1. The Labute approximate surface area is 160 Å². The number of hydrogen-bond donors (Lipinski definition) is 1. The lowest BCUT2D eigenvalue weighted by molar-refractivity contribution is 0.297. The first kappa shape index (κ1) is 17.7. The molecule has 0 unspecified atom stereocenters. The average molecular weight is 378 g/mol. The second-order valence-corrected chi connectivity index (χ2v) is 6.07. The molecule has 140 valence electrons. The van der Waals surface area contributed by atoms with Gasteiger partial charge in [0.05, 0.1) is 11.9 Å². The number of ether oxygens (including phenoxy) is 2. The lowest BCUT2D eigenvalue weighted by Gasteiger charge is -2.06. The normalized spacial score (nSPS) is 10.6. The van der Waals surface area contributed by atoms with Crippen molar-refractivity contribution in [2.45, 2.75) is 6.61 Å². The molecular formula is C22H16F2N2O2. The zero-order chi connectivity index (χ0) is 19.3. The minimum Gasteiger partial charge on any atom is -0.486 e. The van der Waals surface area contributed by atoms with Crippen LogP contribution >= 0.6 is 0 Å². The van der Waals surface area contributed by atoms with Gasteiger partial charge in [-0.25, -0.2) is 13.8 Å². The summed E-state index contributed by atoms with van der Waals surface area (Å²) in [6, 6.07) is 19.1. The van der Waals surface area contributed by atoms with Crippen molar-refractivity contribution in [1.29, 1.82) is 0 Å². The van der Waals surface area contributed by atoms with Crippen LogP contribution in [0.15, 0.2) is 79.0 Å². The van der Waals surface area contributed by atoms with Crippen LogP contribution in [0, 0.1) is 11.6 Å². The van der Waals surface area contributed by atoms with E-state index in [9.17, 15) is 8.78 Å². The van der Waals surface area contributed by atoms with Gasteiger partial charge in [-0.15, -0.1) is 0 Å². The third-order valence-electron chi connectivity index (χ3n) is 4.03. The van der Waals surface area contributed by atoms with Crippen LogP contribution in [-0.4, -0.2) is 9.97 Å². The van der Waals surface area contributed by atoms with Gasteiger partial charge in [0.2, 0.25) is 0 Å². The Kier molecular flexibility index (Phi) is 5.01. The van der Waals surface area contributed by atoms with Gasteiger partial charge in [-0.2, -0.15) is 0 Å². The molecule has 0 saturated heterocycles. The molecule has 28 heavy (non-hydrogen) atoms. The molecule has 0 fully saturated rings. The second kappa shape index (κ2) is 7.92. The maximum Gasteiger partial charge on any atom is 0.146 e. The average Bonchev–Trinajstić information content (AvgIpc) is 3.19. The highest BCUT2D eigenvalue weighted by Gasteiger charge is 2.06. The number of imidazole rings is 1. The quantitative estimate of drug-likeness (QED) is 0.466. The van der Waals surface area contributed by atoms with Crippen LogP contribution in [0.2, 0.25) is 0 Å². The van der Waals surface area contributed by atoms with E-state index in [0.717, 1.165) is 11.3 Å². The van der Waals surface area contributed by atoms with Crippen molar-refractivity contribution in [2.24, 2.45) is 0 Å². The molecule has 0 amide bonds. The molecule has 6 heteroatoms. The van der Waals surface area contributed by atoms with Gasteiger partial charge in [-0.3, -0.25) is 0 Å². The summed E-state index contributed by atoms with van der Waals surface area (Å²) in [4.78, 5) is 7.50. The number of aromatic amines is 1. The number of hydrogen-bond acceptors (Lipinski definition) is 3. The Bertz CT molecular complexity index is 1040. The number of nitrogens with zero attached hydrogens (tertiary/aromatic N) is 1. The fourth-order valence-electron chi connectivity index (χ4n) is 2.61. The Morgan fingerprint density at radius 3 is 1.86 bits per heavy atom. The lowest BCUT2D eigenvalue weighted by Crippen LogP contribution is -1.97. The van der Waals surface area contributed by atoms with Gasteiger partial charge in [-0.05, 0) is 78.4 Å². The molecule has 0 aliphatic heterocycles. The van der Waals surface area contributed by atoms with E-state index < -0.39 is 0 Å². The molecule has 1 N–H and O–H groups in total. The van der Waals surface area contributed by atoms with E-state index in [-0.39, 0.29) is 18.2 Å². The number of aromatic nitrogens is 2. The van der Waals surface area contributed by atoms with E-state index in [1.54, 1.807) is 30.5 Å². The first-order chi connectivity index (χ1) is 13.7. The minimum absolute atomic E-state index is 0.247. The van der Waals surface area contributed by atoms with Crippen molar-refractivity contribution >= 4 is 0 Å². The topological polar surface area (TPSA) is 47.1 Å². The predicted octanol–water partition coefficient (Wildman–Crippen LogP) is 5.73. The maximum atomic E-state index is 12.9. The van der Waals surface area contributed by atoms with Crippen molar-refractivity contribution in [3.05, 3.63) is 96.5 Å². The maximum absolute atomic E-state index is 12.9. The van der Waals surface area contributed by atoms with Crippen molar-refractivity contribution in [1.82, 2.24) is 9.97 Å². The van der Waals surface area contributed by atoms with Crippen LogP contribution in [0.25, 0.3) is 11.3 Å². The Balaban J connectivity index is 1.39. The van der Waals surface area contributed by atoms with Crippen molar-refractivity contribution < 1.29 is 18.3 Å². The summed E-state index contributed by atoms with van der Waals surface area (Å²) in [5.41, 5.74) is 1.78. The van der Waals surface area contributed by atoms with E-state index in [1.807, 2.05) is 24.3 Å². The van der Waals surface area contributed by atoms with Gasteiger partial charge in [0.1, 0.15) is 41.3 Å². The summed E-state index contributed by atoms with van der Waals surface area (Å²) in [6.45, 7) is 0.247. The van der Waals surface area contributed by atoms with E-state index >= 15 is 0 Å². The Hall–Kier alpha value is -3.67.